The summed E-state index contributed by atoms with van der Waals surface area (Å²) >= 11 is 0. The predicted molar refractivity (Wildman–Crippen MR) is 85.6 cm³/mol. The molecule has 0 fully saturated rings. The average Bonchev–Trinajstić information content (AvgIpc) is 2.94. The van der Waals surface area contributed by atoms with Crippen LogP contribution in [0.5, 0.6) is 5.75 Å². The summed E-state index contributed by atoms with van der Waals surface area (Å²) in [6.07, 6.45) is 10.2. The van der Waals surface area contributed by atoms with Gasteiger partial charge in [-0.25, -0.2) is 0 Å². The zero-order chi connectivity index (χ0) is 14.2. The Morgan fingerprint density at radius 3 is 2.90 bits per heavy atom. The maximum Gasteiger partial charge on any atom is 0.122 e. The number of rotatable bonds is 9. The molecular weight excluding hydrogens is 246 g/mol. The van der Waals surface area contributed by atoms with Gasteiger partial charge >= 0.3 is 0 Å². The zero-order valence-electron chi connectivity index (χ0n) is 13.1. The second kappa shape index (κ2) is 8.31. The molecule has 0 aromatic heterocycles. The summed E-state index contributed by atoms with van der Waals surface area (Å²) in [7, 11) is 2.10. The van der Waals surface area contributed by atoms with E-state index in [2.05, 4.69) is 37.5 Å². The second-order valence-corrected chi connectivity index (χ2v) is 5.91. The Kier molecular flexibility index (Phi) is 6.38. The van der Waals surface area contributed by atoms with Crippen molar-refractivity contribution in [3.8, 4) is 5.75 Å². The van der Waals surface area contributed by atoms with Crippen LogP contribution >= 0.6 is 0 Å². The van der Waals surface area contributed by atoms with E-state index < -0.39 is 0 Å². The van der Waals surface area contributed by atoms with E-state index in [0.29, 0.717) is 6.04 Å². The first-order valence-electron chi connectivity index (χ1n) is 8.25. The summed E-state index contributed by atoms with van der Waals surface area (Å²) in [5, 5.41) is 3.48. The third-order valence-electron chi connectivity index (χ3n) is 4.35. The largest absolute Gasteiger partial charge is 0.493 e. The molecule has 0 bridgehead atoms. The molecule has 1 unspecified atom stereocenters. The van der Waals surface area contributed by atoms with Crippen molar-refractivity contribution in [2.24, 2.45) is 0 Å². The van der Waals surface area contributed by atoms with Gasteiger partial charge in [-0.05, 0) is 43.5 Å². The maximum atomic E-state index is 5.56. The molecule has 0 radical (unpaired) electrons. The smallest absolute Gasteiger partial charge is 0.122 e. The Hall–Kier alpha value is -1.02. The fourth-order valence-electron chi connectivity index (χ4n) is 2.99. The van der Waals surface area contributed by atoms with Gasteiger partial charge in [0.15, 0.2) is 0 Å². The van der Waals surface area contributed by atoms with Gasteiger partial charge in [-0.3, -0.25) is 0 Å². The van der Waals surface area contributed by atoms with E-state index in [1.54, 1.807) is 0 Å². The fourth-order valence-corrected chi connectivity index (χ4v) is 2.99. The van der Waals surface area contributed by atoms with Gasteiger partial charge in [0.05, 0.1) is 6.61 Å². The highest BCUT2D eigenvalue weighted by Crippen LogP contribution is 2.26. The molecule has 1 aliphatic heterocycles. The van der Waals surface area contributed by atoms with Crippen LogP contribution in [-0.2, 0) is 12.8 Å². The van der Waals surface area contributed by atoms with Crippen molar-refractivity contribution in [1.29, 1.82) is 0 Å². The Labute approximate surface area is 123 Å². The highest BCUT2D eigenvalue weighted by Gasteiger charge is 2.12. The summed E-state index contributed by atoms with van der Waals surface area (Å²) in [5.41, 5.74) is 2.86. The Balaban J connectivity index is 1.75. The molecule has 20 heavy (non-hydrogen) atoms. The molecule has 0 spiro atoms. The van der Waals surface area contributed by atoms with Gasteiger partial charge in [0, 0.05) is 12.5 Å². The molecule has 112 valence electrons. The summed E-state index contributed by atoms with van der Waals surface area (Å²) < 4.78 is 5.56. The van der Waals surface area contributed by atoms with Crippen LogP contribution < -0.4 is 10.1 Å². The maximum absolute atomic E-state index is 5.56. The summed E-state index contributed by atoms with van der Waals surface area (Å²) in [6, 6.07) is 7.38. The van der Waals surface area contributed by atoms with Crippen LogP contribution in [0.25, 0.3) is 0 Å². The minimum absolute atomic E-state index is 0.663. The van der Waals surface area contributed by atoms with Crippen LogP contribution in [0.15, 0.2) is 18.2 Å². The number of hydrogen-bond donors (Lipinski definition) is 1. The van der Waals surface area contributed by atoms with Crippen molar-refractivity contribution in [3.05, 3.63) is 29.3 Å². The van der Waals surface area contributed by atoms with Gasteiger partial charge in [0.1, 0.15) is 5.75 Å². The van der Waals surface area contributed by atoms with E-state index >= 15 is 0 Å². The van der Waals surface area contributed by atoms with Crippen molar-refractivity contribution in [3.63, 3.8) is 0 Å². The van der Waals surface area contributed by atoms with Gasteiger partial charge in [-0.2, -0.15) is 0 Å². The van der Waals surface area contributed by atoms with Gasteiger partial charge in [-0.1, -0.05) is 44.7 Å². The quantitative estimate of drug-likeness (QED) is 0.685. The number of fused-ring (bicyclic) bond motifs is 1. The monoisotopic (exact) mass is 275 g/mol. The highest BCUT2D eigenvalue weighted by molar-refractivity contribution is 5.39. The molecule has 0 saturated heterocycles. The van der Waals surface area contributed by atoms with E-state index in [4.69, 9.17) is 4.74 Å². The van der Waals surface area contributed by atoms with Gasteiger partial charge in [0.25, 0.3) is 0 Å². The van der Waals surface area contributed by atoms with Crippen molar-refractivity contribution < 1.29 is 4.74 Å². The van der Waals surface area contributed by atoms with E-state index in [-0.39, 0.29) is 0 Å². The van der Waals surface area contributed by atoms with E-state index in [9.17, 15) is 0 Å². The van der Waals surface area contributed by atoms with E-state index in [1.807, 2.05) is 0 Å². The van der Waals surface area contributed by atoms with Crippen molar-refractivity contribution in [2.45, 2.75) is 64.3 Å². The molecule has 1 aromatic rings. The molecule has 2 heteroatoms. The average molecular weight is 275 g/mol. The van der Waals surface area contributed by atoms with Crippen molar-refractivity contribution in [2.75, 3.05) is 13.7 Å². The number of ether oxygens (including phenoxy) is 1. The number of hydrogen-bond acceptors (Lipinski definition) is 2. The van der Waals surface area contributed by atoms with Gasteiger partial charge in [-0.15, -0.1) is 0 Å². The number of benzene rings is 1. The summed E-state index contributed by atoms with van der Waals surface area (Å²) in [5.74, 6) is 1.10. The molecule has 0 amide bonds. The SMILES string of the molecule is CCCCCCC(CCc1ccc2c(c1)CCO2)NC. The molecule has 1 heterocycles. The number of aryl methyl sites for hydroxylation is 1. The lowest BCUT2D eigenvalue weighted by Gasteiger charge is -2.16. The van der Waals surface area contributed by atoms with Crippen molar-refractivity contribution in [1.82, 2.24) is 5.32 Å². The van der Waals surface area contributed by atoms with Crippen LogP contribution in [0.3, 0.4) is 0 Å². The molecule has 2 rings (SSSR count). The Bertz CT molecular complexity index is 402. The summed E-state index contributed by atoms with van der Waals surface area (Å²) in [6.45, 7) is 3.13. The van der Waals surface area contributed by atoms with Crippen LogP contribution in [-0.4, -0.2) is 19.7 Å². The van der Waals surface area contributed by atoms with Gasteiger partial charge in [0.2, 0.25) is 0 Å². The first-order chi connectivity index (χ1) is 9.83. The van der Waals surface area contributed by atoms with Gasteiger partial charge < -0.3 is 10.1 Å². The molecule has 0 saturated carbocycles. The number of nitrogens with one attached hydrogen (secondary N) is 1. The Morgan fingerprint density at radius 2 is 2.10 bits per heavy atom. The summed E-state index contributed by atoms with van der Waals surface area (Å²) in [4.78, 5) is 0. The Morgan fingerprint density at radius 1 is 1.20 bits per heavy atom. The normalized spacial score (nSPS) is 14.9. The van der Waals surface area contributed by atoms with Crippen LogP contribution in [0.4, 0.5) is 0 Å². The first-order valence-corrected chi connectivity index (χ1v) is 8.25. The molecule has 2 nitrogen and oxygen atoms in total. The van der Waals surface area contributed by atoms with Crippen LogP contribution in [0.2, 0.25) is 0 Å². The second-order valence-electron chi connectivity index (χ2n) is 5.91. The molecule has 1 atom stereocenters. The third-order valence-corrected chi connectivity index (χ3v) is 4.35. The van der Waals surface area contributed by atoms with Crippen LogP contribution in [0.1, 0.15) is 56.6 Å². The lowest BCUT2D eigenvalue weighted by Crippen LogP contribution is -2.25. The molecule has 1 N–H and O–H groups in total. The third kappa shape index (κ3) is 4.52. The lowest BCUT2D eigenvalue weighted by molar-refractivity contribution is 0.357. The first kappa shape index (κ1) is 15.4. The zero-order valence-corrected chi connectivity index (χ0v) is 13.1. The fraction of sp³-hybridized carbons (Fsp3) is 0.667. The highest BCUT2D eigenvalue weighted by atomic mass is 16.5. The van der Waals surface area contributed by atoms with Crippen LogP contribution in [0, 0.1) is 0 Å². The minimum Gasteiger partial charge on any atom is -0.493 e. The lowest BCUT2D eigenvalue weighted by atomic mass is 9.98. The minimum atomic E-state index is 0.663. The molecule has 1 aliphatic rings. The topological polar surface area (TPSA) is 21.3 Å². The molecule has 1 aromatic carbocycles. The van der Waals surface area contributed by atoms with Crippen molar-refractivity contribution >= 4 is 0 Å². The van der Waals surface area contributed by atoms with E-state index in [0.717, 1.165) is 18.8 Å². The van der Waals surface area contributed by atoms with E-state index in [1.165, 1.54) is 56.1 Å². The predicted octanol–water partition coefficient (Wildman–Crippen LogP) is 4.11. The molecular formula is C18H29NO. The number of unbranched alkanes of at least 4 members (excludes halogenated alkanes) is 3. The standard InChI is InChI=1S/C18H29NO/c1-3-4-5-6-7-17(19-2)10-8-15-9-11-18-16(14-15)12-13-20-18/h9,11,14,17,19H,3-8,10,12-13H2,1-2H3. The molecule has 0 aliphatic carbocycles.